The van der Waals surface area contributed by atoms with Crippen LogP contribution in [0.5, 0.6) is 17.2 Å². The summed E-state index contributed by atoms with van der Waals surface area (Å²) in [6, 6.07) is 8.35. The van der Waals surface area contributed by atoms with E-state index < -0.39 is 5.82 Å². The molecule has 5 heteroatoms. The van der Waals surface area contributed by atoms with Gasteiger partial charge in [-0.25, -0.2) is 4.39 Å². The van der Waals surface area contributed by atoms with Gasteiger partial charge in [-0.15, -0.1) is 0 Å². The van der Waals surface area contributed by atoms with Crippen molar-refractivity contribution >= 4 is 11.6 Å². The highest BCUT2D eigenvalue weighted by Gasteiger charge is 2.19. The van der Waals surface area contributed by atoms with Gasteiger partial charge in [0.15, 0.2) is 11.6 Å². The molecule has 1 aliphatic heterocycles. The molecule has 1 atom stereocenters. The van der Waals surface area contributed by atoms with Crippen LogP contribution in [0.15, 0.2) is 30.3 Å². The largest absolute Gasteiger partial charge is 0.493 e. The molecule has 3 rings (SSSR count). The number of halogens is 2. The van der Waals surface area contributed by atoms with E-state index in [1.165, 1.54) is 0 Å². The van der Waals surface area contributed by atoms with Gasteiger partial charge in [-0.05, 0) is 37.0 Å². The van der Waals surface area contributed by atoms with Gasteiger partial charge in [0.05, 0.1) is 11.6 Å². The summed E-state index contributed by atoms with van der Waals surface area (Å²) in [6.07, 6.45) is 2.61. The average Bonchev–Trinajstić information content (AvgIpc) is 2.58. The lowest BCUT2D eigenvalue weighted by Gasteiger charge is -2.19. The summed E-state index contributed by atoms with van der Waals surface area (Å²) in [6.45, 7) is 2.59. The van der Waals surface area contributed by atoms with E-state index in [1.807, 2.05) is 13.0 Å². The Morgan fingerprint density at radius 2 is 2.17 bits per heavy atom. The smallest absolute Gasteiger partial charge is 0.181 e. The van der Waals surface area contributed by atoms with Crippen molar-refractivity contribution in [3.05, 3.63) is 52.3 Å². The van der Waals surface area contributed by atoms with Crippen molar-refractivity contribution in [3.63, 3.8) is 0 Å². The van der Waals surface area contributed by atoms with E-state index >= 15 is 0 Å². The number of hydrogen-bond acceptors (Lipinski definition) is 3. The fourth-order valence-electron chi connectivity index (χ4n) is 2.65. The zero-order chi connectivity index (χ0) is 16.4. The standard InChI is InChI=1S/C18H19ClFNO2/c1-2-15(21)13-7-8-14(19)18(17(13)20)23-12-6-5-11-4-3-9-22-16(11)10-12/h5-8,10,15H,2-4,9,21H2,1H3/t15-/m1/s1. The first-order valence-corrected chi connectivity index (χ1v) is 8.15. The Labute approximate surface area is 140 Å². The van der Waals surface area contributed by atoms with E-state index in [2.05, 4.69) is 0 Å². The maximum atomic E-state index is 14.7. The van der Waals surface area contributed by atoms with Crippen LogP contribution in [0.25, 0.3) is 0 Å². The second kappa shape index (κ2) is 6.77. The van der Waals surface area contributed by atoms with Crippen molar-refractivity contribution in [2.45, 2.75) is 32.2 Å². The summed E-state index contributed by atoms with van der Waals surface area (Å²) in [7, 11) is 0. The van der Waals surface area contributed by atoms with Gasteiger partial charge in [-0.3, -0.25) is 0 Å². The minimum atomic E-state index is -0.509. The van der Waals surface area contributed by atoms with Crippen molar-refractivity contribution in [2.75, 3.05) is 6.61 Å². The molecular weight excluding hydrogens is 317 g/mol. The van der Waals surface area contributed by atoms with Gasteiger partial charge in [0, 0.05) is 17.7 Å². The van der Waals surface area contributed by atoms with Gasteiger partial charge in [0.2, 0.25) is 0 Å². The van der Waals surface area contributed by atoms with Gasteiger partial charge in [-0.2, -0.15) is 0 Å². The van der Waals surface area contributed by atoms with Crippen LogP contribution in [0, 0.1) is 5.82 Å². The van der Waals surface area contributed by atoms with Crippen LogP contribution in [0.3, 0.4) is 0 Å². The number of aryl methyl sites for hydroxylation is 1. The minimum Gasteiger partial charge on any atom is -0.493 e. The summed E-state index contributed by atoms with van der Waals surface area (Å²) in [4.78, 5) is 0. The molecule has 0 saturated carbocycles. The van der Waals surface area contributed by atoms with Gasteiger partial charge in [0.1, 0.15) is 11.5 Å². The third-order valence-electron chi connectivity index (χ3n) is 4.02. The first-order chi connectivity index (χ1) is 11.1. The SMILES string of the molecule is CC[C@@H](N)c1ccc(Cl)c(Oc2ccc3c(c2)OCCC3)c1F. The van der Waals surface area contributed by atoms with E-state index in [4.69, 9.17) is 26.8 Å². The lowest BCUT2D eigenvalue weighted by Crippen LogP contribution is -2.11. The molecule has 2 N–H and O–H groups in total. The molecule has 0 amide bonds. The zero-order valence-electron chi connectivity index (χ0n) is 12.9. The molecule has 3 nitrogen and oxygen atoms in total. The third kappa shape index (κ3) is 3.28. The molecule has 0 radical (unpaired) electrons. The molecule has 0 aliphatic carbocycles. The van der Waals surface area contributed by atoms with Crippen LogP contribution in [-0.2, 0) is 6.42 Å². The molecule has 1 aliphatic rings. The van der Waals surface area contributed by atoms with Crippen LogP contribution in [0.2, 0.25) is 5.02 Å². The first kappa shape index (κ1) is 16.1. The predicted molar refractivity (Wildman–Crippen MR) is 89.0 cm³/mol. The van der Waals surface area contributed by atoms with Crippen molar-refractivity contribution < 1.29 is 13.9 Å². The Morgan fingerprint density at radius 3 is 2.96 bits per heavy atom. The summed E-state index contributed by atoms with van der Waals surface area (Å²) >= 11 is 6.11. The first-order valence-electron chi connectivity index (χ1n) is 7.77. The lowest BCUT2D eigenvalue weighted by molar-refractivity contribution is 0.286. The Hall–Kier alpha value is -1.78. The van der Waals surface area contributed by atoms with E-state index in [-0.39, 0.29) is 16.8 Å². The fourth-order valence-corrected chi connectivity index (χ4v) is 2.83. The molecule has 122 valence electrons. The molecule has 1 heterocycles. The monoisotopic (exact) mass is 335 g/mol. The van der Waals surface area contributed by atoms with E-state index in [9.17, 15) is 4.39 Å². The summed E-state index contributed by atoms with van der Waals surface area (Å²) in [5.74, 6) is 0.773. The van der Waals surface area contributed by atoms with Crippen LogP contribution >= 0.6 is 11.6 Å². The molecular formula is C18H19ClFNO2. The maximum absolute atomic E-state index is 14.7. The van der Waals surface area contributed by atoms with Crippen LogP contribution in [0.4, 0.5) is 4.39 Å². The van der Waals surface area contributed by atoms with Gasteiger partial charge in [-0.1, -0.05) is 30.7 Å². The Kier molecular flexibility index (Phi) is 4.74. The summed E-state index contributed by atoms with van der Waals surface area (Å²) in [5, 5.41) is 0.216. The molecule has 0 unspecified atom stereocenters. The van der Waals surface area contributed by atoms with E-state index in [0.717, 1.165) is 24.2 Å². The van der Waals surface area contributed by atoms with E-state index in [1.54, 1.807) is 24.3 Å². The highest BCUT2D eigenvalue weighted by atomic mass is 35.5. The van der Waals surface area contributed by atoms with Gasteiger partial charge in [0.25, 0.3) is 0 Å². The number of fused-ring (bicyclic) bond motifs is 1. The number of nitrogens with two attached hydrogens (primary N) is 1. The van der Waals surface area contributed by atoms with Crippen LogP contribution in [0.1, 0.15) is 36.9 Å². The molecule has 0 fully saturated rings. The van der Waals surface area contributed by atoms with Crippen molar-refractivity contribution in [2.24, 2.45) is 5.73 Å². The molecule has 23 heavy (non-hydrogen) atoms. The molecule has 0 spiro atoms. The van der Waals surface area contributed by atoms with Crippen molar-refractivity contribution in [1.82, 2.24) is 0 Å². The summed E-state index contributed by atoms with van der Waals surface area (Å²) in [5.41, 5.74) is 7.48. The molecule has 0 saturated heterocycles. The minimum absolute atomic E-state index is 0.00354. The van der Waals surface area contributed by atoms with Crippen molar-refractivity contribution in [1.29, 1.82) is 0 Å². The highest BCUT2D eigenvalue weighted by molar-refractivity contribution is 6.32. The fraction of sp³-hybridized carbons (Fsp3) is 0.333. The number of rotatable bonds is 4. The second-order valence-electron chi connectivity index (χ2n) is 5.62. The van der Waals surface area contributed by atoms with Gasteiger partial charge < -0.3 is 15.2 Å². The Bertz CT molecular complexity index is 720. The Morgan fingerprint density at radius 1 is 1.35 bits per heavy atom. The Balaban J connectivity index is 1.93. The molecule has 2 aromatic carbocycles. The summed E-state index contributed by atoms with van der Waals surface area (Å²) < 4.78 is 26.0. The topological polar surface area (TPSA) is 44.5 Å². The second-order valence-corrected chi connectivity index (χ2v) is 6.03. The van der Waals surface area contributed by atoms with Crippen LogP contribution < -0.4 is 15.2 Å². The van der Waals surface area contributed by atoms with Gasteiger partial charge >= 0.3 is 0 Å². The molecule has 0 bridgehead atoms. The predicted octanol–water partition coefficient (Wildman–Crippen LogP) is 5.01. The third-order valence-corrected chi connectivity index (χ3v) is 4.32. The average molecular weight is 336 g/mol. The maximum Gasteiger partial charge on any atom is 0.181 e. The quantitative estimate of drug-likeness (QED) is 0.854. The van der Waals surface area contributed by atoms with E-state index in [0.29, 0.717) is 24.3 Å². The number of benzene rings is 2. The van der Waals surface area contributed by atoms with Crippen LogP contribution in [-0.4, -0.2) is 6.61 Å². The number of hydrogen-bond donors (Lipinski definition) is 1. The molecule has 2 aromatic rings. The lowest BCUT2D eigenvalue weighted by atomic mass is 10.0. The van der Waals surface area contributed by atoms with Crippen molar-refractivity contribution in [3.8, 4) is 17.2 Å². The normalized spacial score (nSPS) is 14.8. The molecule has 0 aromatic heterocycles. The number of ether oxygens (including phenoxy) is 2. The highest BCUT2D eigenvalue weighted by Crippen LogP contribution is 2.38. The zero-order valence-corrected chi connectivity index (χ0v) is 13.7.